The summed E-state index contributed by atoms with van der Waals surface area (Å²) in [4.78, 5) is 21.2. The van der Waals surface area contributed by atoms with Crippen LogP contribution in [0.15, 0.2) is 35.3 Å². The minimum Gasteiger partial charge on any atom is -0.369 e. The summed E-state index contributed by atoms with van der Waals surface area (Å²) in [5, 5.41) is 6.77. The molecule has 142 valence electrons. The maximum atomic E-state index is 12.3. The third-order valence-electron chi connectivity index (χ3n) is 5.08. The minimum atomic E-state index is 0.138. The normalized spacial score (nSPS) is 21.0. The molecule has 0 aliphatic carbocycles. The third-order valence-corrected chi connectivity index (χ3v) is 5.08. The molecule has 0 spiro atoms. The highest BCUT2D eigenvalue weighted by atomic mass is 16.2. The fraction of sp³-hybridized carbons (Fsp3) is 0.600. The second-order valence-corrected chi connectivity index (χ2v) is 7.05. The monoisotopic (exact) mass is 357 g/mol. The summed E-state index contributed by atoms with van der Waals surface area (Å²) in [6.07, 6.45) is 4.53. The average molecular weight is 358 g/mol. The fourth-order valence-corrected chi connectivity index (χ4v) is 3.65. The van der Waals surface area contributed by atoms with Crippen LogP contribution >= 0.6 is 0 Å². The Bertz CT molecular complexity index is 597. The van der Waals surface area contributed by atoms with Gasteiger partial charge in [0, 0.05) is 44.5 Å². The van der Waals surface area contributed by atoms with Gasteiger partial charge in [-0.05, 0) is 44.7 Å². The molecule has 1 atom stereocenters. The second kappa shape index (κ2) is 9.46. The van der Waals surface area contributed by atoms with Crippen molar-refractivity contribution in [1.29, 1.82) is 0 Å². The molecule has 2 aliphatic heterocycles. The molecule has 1 unspecified atom stereocenters. The van der Waals surface area contributed by atoms with E-state index in [-0.39, 0.29) is 12.5 Å². The number of hydrogen-bond donors (Lipinski definition) is 2. The van der Waals surface area contributed by atoms with E-state index in [2.05, 4.69) is 51.7 Å². The molecule has 2 aliphatic rings. The zero-order chi connectivity index (χ0) is 18.2. The van der Waals surface area contributed by atoms with Gasteiger partial charge >= 0.3 is 0 Å². The smallest absolute Gasteiger partial charge is 0.244 e. The first-order chi connectivity index (χ1) is 12.8. The van der Waals surface area contributed by atoms with Gasteiger partial charge < -0.3 is 20.4 Å². The van der Waals surface area contributed by atoms with Crippen LogP contribution in [0, 0.1) is 0 Å². The highest BCUT2D eigenvalue weighted by Gasteiger charge is 2.23. The van der Waals surface area contributed by atoms with Crippen molar-refractivity contribution in [2.45, 2.75) is 38.6 Å². The summed E-state index contributed by atoms with van der Waals surface area (Å²) >= 11 is 0. The lowest BCUT2D eigenvalue weighted by molar-refractivity contribution is -0.130. The van der Waals surface area contributed by atoms with E-state index in [0.29, 0.717) is 6.04 Å². The Hall–Kier alpha value is -2.24. The first-order valence-electron chi connectivity index (χ1n) is 9.89. The first kappa shape index (κ1) is 18.5. The summed E-state index contributed by atoms with van der Waals surface area (Å²) in [5.41, 5.74) is 1.26. The number of hydrogen-bond acceptors (Lipinski definition) is 3. The number of likely N-dealkylation sites (tertiary alicyclic amines) is 1. The van der Waals surface area contributed by atoms with Crippen molar-refractivity contribution in [3.63, 3.8) is 0 Å². The molecular formula is C20H31N5O. The molecule has 2 heterocycles. The van der Waals surface area contributed by atoms with Crippen LogP contribution < -0.4 is 15.5 Å². The van der Waals surface area contributed by atoms with Crippen LogP contribution in [-0.4, -0.2) is 62.1 Å². The van der Waals surface area contributed by atoms with Crippen LogP contribution in [0.2, 0.25) is 0 Å². The zero-order valence-electron chi connectivity index (χ0n) is 15.8. The summed E-state index contributed by atoms with van der Waals surface area (Å²) in [6.45, 7) is 6.82. The lowest BCUT2D eigenvalue weighted by Gasteiger charge is -2.26. The Morgan fingerprint density at radius 3 is 2.65 bits per heavy atom. The van der Waals surface area contributed by atoms with Gasteiger partial charge in [-0.3, -0.25) is 4.79 Å². The van der Waals surface area contributed by atoms with E-state index >= 15 is 0 Å². The molecule has 1 amide bonds. The molecule has 0 bridgehead atoms. The molecule has 2 fully saturated rings. The van der Waals surface area contributed by atoms with Crippen LogP contribution in [-0.2, 0) is 4.79 Å². The number of piperidine rings is 1. The highest BCUT2D eigenvalue weighted by molar-refractivity contribution is 5.85. The Labute approximate surface area is 156 Å². The van der Waals surface area contributed by atoms with Gasteiger partial charge in [-0.15, -0.1) is 0 Å². The molecule has 26 heavy (non-hydrogen) atoms. The van der Waals surface area contributed by atoms with E-state index in [4.69, 9.17) is 0 Å². The summed E-state index contributed by atoms with van der Waals surface area (Å²) in [7, 11) is 0. The number of nitrogens with one attached hydrogen (secondary N) is 2. The molecule has 0 saturated carbocycles. The Morgan fingerprint density at radius 1 is 1.15 bits per heavy atom. The van der Waals surface area contributed by atoms with Crippen molar-refractivity contribution in [3.05, 3.63) is 30.3 Å². The number of aliphatic imine (C=N–C) groups is 1. The maximum Gasteiger partial charge on any atom is 0.244 e. The lowest BCUT2D eigenvalue weighted by atomic mass is 10.1. The fourth-order valence-electron chi connectivity index (χ4n) is 3.65. The van der Waals surface area contributed by atoms with Gasteiger partial charge in [-0.25, -0.2) is 4.99 Å². The number of anilines is 1. The van der Waals surface area contributed by atoms with Crippen molar-refractivity contribution in [3.8, 4) is 0 Å². The van der Waals surface area contributed by atoms with Crippen molar-refractivity contribution in [2.24, 2.45) is 4.99 Å². The van der Waals surface area contributed by atoms with Crippen LogP contribution in [0.3, 0.4) is 0 Å². The van der Waals surface area contributed by atoms with Gasteiger partial charge in [0.1, 0.15) is 6.54 Å². The number of amides is 1. The van der Waals surface area contributed by atoms with Crippen molar-refractivity contribution >= 4 is 17.6 Å². The van der Waals surface area contributed by atoms with Gasteiger partial charge in [0.15, 0.2) is 5.96 Å². The van der Waals surface area contributed by atoms with Crippen molar-refractivity contribution < 1.29 is 4.79 Å². The van der Waals surface area contributed by atoms with Gasteiger partial charge in [-0.2, -0.15) is 0 Å². The van der Waals surface area contributed by atoms with Crippen molar-refractivity contribution in [2.75, 3.05) is 44.2 Å². The standard InChI is InChI=1S/C20H31N5O/c1-2-21-20(22-15-19(26)24-12-7-4-8-13-24)23-17-11-14-25(16-17)18-9-5-3-6-10-18/h3,5-6,9-10,17H,2,4,7-8,11-16H2,1H3,(H2,21,22,23). The number of guanidine groups is 1. The predicted molar refractivity (Wildman–Crippen MR) is 107 cm³/mol. The molecular weight excluding hydrogens is 326 g/mol. The minimum absolute atomic E-state index is 0.138. The topological polar surface area (TPSA) is 60.0 Å². The zero-order valence-corrected chi connectivity index (χ0v) is 15.8. The molecule has 2 N–H and O–H groups in total. The summed E-state index contributed by atoms with van der Waals surface area (Å²) in [6, 6.07) is 10.8. The SMILES string of the molecule is CCNC(=NCC(=O)N1CCCCC1)NC1CCN(c2ccccc2)C1. The molecule has 1 aromatic rings. The van der Waals surface area contributed by atoms with E-state index in [9.17, 15) is 4.79 Å². The molecule has 6 heteroatoms. The van der Waals surface area contributed by atoms with E-state index in [1.54, 1.807) is 0 Å². The average Bonchev–Trinajstić information content (AvgIpc) is 3.16. The number of rotatable bonds is 5. The molecule has 0 aromatic heterocycles. The third kappa shape index (κ3) is 5.13. The highest BCUT2D eigenvalue weighted by Crippen LogP contribution is 2.19. The summed E-state index contributed by atoms with van der Waals surface area (Å²) < 4.78 is 0. The van der Waals surface area contributed by atoms with Crippen LogP contribution in [0.5, 0.6) is 0 Å². The van der Waals surface area contributed by atoms with Crippen molar-refractivity contribution in [1.82, 2.24) is 15.5 Å². The molecule has 1 aromatic carbocycles. The number of nitrogens with zero attached hydrogens (tertiary/aromatic N) is 3. The predicted octanol–water partition coefficient (Wildman–Crippen LogP) is 1.83. The van der Waals surface area contributed by atoms with Crippen LogP contribution in [0.1, 0.15) is 32.6 Å². The van der Waals surface area contributed by atoms with E-state index < -0.39 is 0 Å². The largest absolute Gasteiger partial charge is 0.369 e. The molecule has 0 radical (unpaired) electrons. The number of benzene rings is 1. The van der Waals surface area contributed by atoms with Gasteiger partial charge in [-0.1, -0.05) is 18.2 Å². The van der Waals surface area contributed by atoms with Gasteiger partial charge in [0.05, 0.1) is 0 Å². The number of para-hydroxylation sites is 1. The number of carbonyl (C=O) groups excluding carboxylic acids is 1. The first-order valence-corrected chi connectivity index (χ1v) is 9.89. The Balaban J connectivity index is 1.52. The Morgan fingerprint density at radius 2 is 1.92 bits per heavy atom. The lowest BCUT2D eigenvalue weighted by Crippen LogP contribution is -2.45. The van der Waals surface area contributed by atoms with E-state index in [1.165, 1.54) is 12.1 Å². The van der Waals surface area contributed by atoms with E-state index in [0.717, 1.165) is 57.9 Å². The van der Waals surface area contributed by atoms with Crippen LogP contribution in [0.4, 0.5) is 5.69 Å². The molecule has 3 rings (SSSR count). The molecule has 6 nitrogen and oxygen atoms in total. The quantitative estimate of drug-likeness (QED) is 0.624. The number of carbonyl (C=O) groups is 1. The Kier molecular flexibility index (Phi) is 6.75. The summed E-state index contributed by atoms with van der Waals surface area (Å²) in [5.74, 6) is 0.886. The maximum absolute atomic E-state index is 12.3. The molecule has 2 saturated heterocycles. The van der Waals surface area contributed by atoms with E-state index in [1.807, 2.05) is 11.0 Å². The van der Waals surface area contributed by atoms with Gasteiger partial charge in [0.25, 0.3) is 0 Å². The van der Waals surface area contributed by atoms with Crippen LogP contribution in [0.25, 0.3) is 0 Å². The van der Waals surface area contributed by atoms with Gasteiger partial charge in [0.2, 0.25) is 5.91 Å². The second-order valence-electron chi connectivity index (χ2n) is 7.05.